The maximum absolute atomic E-state index is 14.1. The quantitative estimate of drug-likeness (QED) is 0.277. The lowest BCUT2D eigenvalue weighted by Crippen LogP contribution is -2.51. The average Bonchev–Trinajstić information content (AvgIpc) is 3.44. The average molecular weight is 652 g/mol. The second-order valence-corrected chi connectivity index (χ2v) is 11.8. The van der Waals surface area contributed by atoms with Crippen LogP contribution >= 0.6 is 0 Å². The number of amides is 3. The van der Waals surface area contributed by atoms with Crippen molar-refractivity contribution in [1.29, 1.82) is 0 Å². The minimum atomic E-state index is -4.76. The number of halogens is 3. The fraction of sp³-hybridized carbons (Fsp3) is 0.312. The fourth-order valence-corrected chi connectivity index (χ4v) is 4.74. The first-order chi connectivity index (χ1) is 22.2. The van der Waals surface area contributed by atoms with E-state index in [0.717, 1.165) is 6.07 Å². The van der Waals surface area contributed by atoms with Crippen molar-refractivity contribution < 1.29 is 36.7 Å². The predicted molar refractivity (Wildman–Crippen MR) is 165 cm³/mol. The molecule has 3 aromatic heterocycles. The molecule has 1 aromatic carbocycles. The van der Waals surface area contributed by atoms with Gasteiger partial charge in [-0.1, -0.05) is 0 Å². The minimum Gasteiger partial charge on any atom is -0.459 e. The van der Waals surface area contributed by atoms with Gasteiger partial charge in [0.05, 0.1) is 17.7 Å². The first kappa shape index (κ1) is 32.9. The molecular weight excluding hydrogens is 619 g/mol. The molecule has 0 atom stereocenters. The molecule has 0 aliphatic carbocycles. The van der Waals surface area contributed by atoms with E-state index in [0.29, 0.717) is 11.4 Å². The molecule has 47 heavy (non-hydrogen) atoms. The molecule has 0 saturated carbocycles. The van der Waals surface area contributed by atoms with E-state index in [9.17, 15) is 27.6 Å². The van der Waals surface area contributed by atoms with Gasteiger partial charge in [0, 0.05) is 61.8 Å². The van der Waals surface area contributed by atoms with Crippen LogP contribution in [-0.4, -0.2) is 74.4 Å². The molecular formula is C32H32F3N7O5. The Morgan fingerprint density at radius 3 is 2.28 bits per heavy atom. The summed E-state index contributed by atoms with van der Waals surface area (Å²) in [4.78, 5) is 53.0. The highest BCUT2D eigenvalue weighted by atomic mass is 19.4. The van der Waals surface area contributed by atoms with Gasteiger partial charge in [-0.05, 0) is 62.7 Å². The van der Waals surface area contributed by atoms with E-state index in [1.807, 2.05) is 0 Å². The third-order valence-electron chi connectivity index (χ3n) is 7.02. The maximum Gasteiger partial charge on any atom is 0.420 e. The van der Waals surface area contributed by atoms with E-state index >= 15 is 0 Å². The molecule has 3 N–H and O–H groups in total. The van der Waals surface area contributed by atoms with Gasteiger partial charge in [-0.25, -0.2) is 19.7 Å². The van der Waals surface area contributed by atoms with Crippen LogP contribution in [0.15, 0.2) is 59.4 Å². The lowest BCUT2D eigenvalue weighted by molar-refractivity contribution is -0.136. The van der Waals surface area contributed by atoms with Gasteiger partial charge in [0.1, 0.15) is 22.8 Å². The molecule has 3 amide bonds. The zero-order chi connectivity index (χ0) is 33.9. The Bertz CT molecular complexity index is 1810. The van der Waals surface area contributed by atoms with Crippen LogP contribution in [0.4, 0.5) is 23.8 Å². The van der Waals surface area contributed by atoms with E-state index in [1.54, 1.807) is 37.8 Å². The number of carbonyl (C=O) groups excluding carboxylic acids is 3. The number of piperazine rings is 1. The predicted octanol–water partition coefficient (Wildman–Crippen LogP) is 4.91. The molecule has 5 rings (SSSR count). The van der Waals surface area contributed by atoms with Crippen LogP contribution in [0.3, 0.4) is 0 Å². The monoisotopic (exact) mass is 651 g/mol. The lowest BCUT2D eigenvalue weighted by Gasteiger charge is -2.35. The van der Waals surface area contributed by atoms with Crippen molar-refractivity contribution in [1.82, 2.24) is 30.1 Å². The molecule has 0 unspecified atom stereocenters. The van der Waals surface area contributed by atoms with E-state index in [2.05, 4.69) is 20.3 Å². The Balaban J connectivity index is 1.27. The molecule has 0 bridgehead atoms. The van der Waals surface area contributed by atoms with Gasteiger partial charge >= 0.3 is 12.3 Å². The molecule has 0 radical (unpaired) electrons. The summed E-state index contributed by atoms with van der Waals surface area (Å²) < 4.78 is 53.1. The number of ether oxygens (including phenoxy) is 1. The number of nitrogen functional groups attached to an aromatic ring is 1. The largest absolute Gasteiger partial charge is 0.459 e. The number of nitrogens with zero attached hydrogens (tertiary/aromatic N) is 5. The molecule has 1 aliphatic rings. The summed E-state index contributed by atoms with van der Waals surface area (Å²) >= 11 is 0. The minimum absolute atomic E-state index is 0.0259. The lowest BCUT2D eigenvalue weighted by atomic mass is 10.1. The molecule has 4 heterocycles. The third kappa shape index (κ3) is 8.23. The summed E-state index contributed by atoms with van der Waals surface area (Å²) in [5.74, 6) is -0.449. The Morgan fingerprint density at radius 1 is 0.979 bits per heavy atom. The number of nitrogens with two attached hydrogens (primary N) is 1. The topological polar surface area (TPSA) is 157 Å². The normalized spacial score (nSPS) is 14.1. The van der Waals surface area contributed by atoms with Crippen LogP contribution < -0.4 is 11.1 Å². The molecule has 0 spiro atoms. The number of pyridine rings is 1. The first-order valence-electron chi connectivity index (χ1n) is 14.6. The van der Waals surface area contributed by atoms with Crippen LogP contribution in [0.2, 0.25) is 0 Å². The highest BCUT2D eigenvalue weighted by Gasteiger charge is 2.35. The number of benzene rings is 1. The first-order valence-corrected chi connectivity index (χ1v) is 14.6. The summed E-state index contributed by atoms with van der Waals surface area (Å²) in [6.07, 6.45) is 1.55. The van der Waals surface area contributed by atoms with E-state index in [1.165, 1.54) is 47.8 Å². The standard InChI is InChI=1S/C32H32F3N7O5/c1-31(2,3)47-30(45)42-10-8-41(9-11-42)29(44)22-16-39-28(40-17-22)21-12-20-13-23(46-27(20)24(14-21)32(33,34)35)18-38-26(43)7-5-19-4-6-25(36)37-15-19/h4-7,12-17H,8-11,18H2,1-3H3,(H2,36,37)(H,38,43). The van der Waals surface area contributed by atoms with Crippen molar-refractivity contribution in [2.24, 2.45) is 0 Å². The van der Waals surface area contributed by atoms with Crippen molar-refractivity contribution in [3.63, 3.8) is 0 Å². The van der Waals surface area contributed by atoms with Crippen LogP contribution in [0.25, 0.3) is 28.4 Å². The number of aromatic nitrogens is 3. The number of rotatable bonds is 6. The zero-order valence-corrected chi connectivity index (χ0v) is 25.8. The van der Waals surface area contributed by atoms with Gasteiger partial charge in [0.25, 0.3) is 5.91 Å². The van der Waals surface area contributed by atoms with Crippen LogP contribution in [0.1, 0.15) is 48.0 Å². The molecule has 1 aliphatic heterocycles. The third-order valence-corrected chi connectivity index (χ3v) is 7.02. The van der Waals surface area contributed by atoms with Crippen LogP contribution in [0.5, 0.6) is 0 Å². The highest BCUT2D eigenvalue weighted by molar-refractivity contribution is 5.94. The van der Waals surface area contributed by atoms with Gasteiger partial charge in [-0.15, -0.1) is 0 Å². The van der Waals surface area contributed by atoms with Crippen molar-refractivity contribution in [2.75, 3.05) is 31.9 Å². The Hall–Kier alpha value is -5.47. The van der Waals surface area contributed by atoms with E-state index in [4.69, 9.17) is 14.9 Å². The molecule has 15 heteroatoms. The van der Waals surface area contributed by atoms with Crippen molar-refractivity contribution in [3.8, 4) is 11.4 Å². The maximum atomic E-state index is 14.1. The number of anilines is 1. The van der Waals surface area contributed by atoms with Crippen molar-refractivity contribution in [2.45, 2.75) is 39.1 Å². The second-order valence-electron chi connectivity index (χ2n) is 11.8. The number of hydrogen-bond donors (Lipinski definition) is 2. The molecule has 4 aromatic rings. The number of alkyl halides is 3. The Morgan fingerprint density at radius 2 is 1.66 bits per heavy atom. The number of hydrogen-bond acceptors (Lipinski definition) is 9. The van der Waals surface area contributed by atoms with Crippen LogP contribution in [-0.2, 0) is 22.3 Å². The highest BCUT2D eigenvalue weighted by Crippen LogP contribution is 2.39. The summed E-state index contributed by atoms with van der Waals surface area (Å²) in [6.45, 7) is 6.26. The Labute approximate surface area is 267 Å². The Kier molecular flexibility index (Phi) is 9.17. The van der Waals surface area contributed by atoms with Gasteiger partial charge in [-0.2, -0.15) is 13.2 Å². The fourth-order valence-electron chi connectivity index (χ4n) is 4.74. The summed E-state index contributed by atoms with van der Waals surface area (Å²) in [5.41, 5.74) is 4.32. The molecule has 1 saturated heterocycles. The SMILES string of the molecule is CC(C)(C)OC(=O)N1CCN(C(=O)c2cnc(-c3cc(C(F)(F)F)c4oc(CNC(=O)C=Cc5ccc(N)nc5)cc4c3)nc2)CC1. The number of carbonyl (C=O) groups is 3. The van der Waals surface area contributed by atoms with Crippen LogP contribution in [0, 0.1) is 0 Å². The zero-order valence-electron chi connectivity index (χ0n) is 25.8. The van der Waals surface area contributed by atoms with Gasteiger partial charge in [-0.3, -0.25) is 9.59 Å². The van der Waals surface area contributed by atoms with Gasteiger partial charge in [0.2, 0.25) is 5.91 Å². The van der Waals surface area contributed by atoms with E-state index < -0.39 is 34.9 Å². The van der Waals surface area contributed by atoms with E-state index in [-0.39, 0.29) is 66.7 Å². The molecule has 12 nitrogen and oxygen atoms in total. The number of fused-ring (bicyclic) bond motifs is 1. The number of furan rings is 1. The van der Waals surface area contributed by atoms with Crippen molar-refractivity contribution >= 4 is 40.8 Å². The molecule has 1 fully saturated rings. The summed E-state index contributed by atoms with van der Waals surface area (Å²) in [6, 6.07) is 6.98. The number of nitrogens with one attached hydrogen (secondary N) is 1. The molecule has 246 valence electrons. The summed E-state index contributed by atoms with van der Waals surface area (Å²) in [7, 11) is 0. The summed E-state index contributed by atoms with van der Waals surface area (Å²) in [5, 5.41) is 2.71. The smallest absolute Gasteiger partial charge is 0.420 e. The van der Waals surface area contributed by atoms with Crippen molar-refractivity contribution in [3.05, 3.63) is 77.4 Å². The van der Waals surface area contributed by atoms with Gasteiger partial charge < -0.3 is 30.0 Å². The second kappa shape index (κ2) is 13.1. The van der Waals surface area contributed by atoms with Gasteiger partial charge in [0.15, 0.2) is 5.82 Å².